The number of carbonyl (C=O) groups is 3. The largest absolute Gasteiger partial charge is 0.484 e. The molecule has 2 amide bonds. The normalized spacial score (nSPS) is 10.0. The molecule has 0 heterocycles. The topological polar surface area (TPSA) is 103 Å². The van der Waals surface area contributed by atoms with Crippen molar-refractivity contribution in [3.8, 4) is 11.5 Å². The first-order valence-corrected chi connectivity index (χ1v) is 9.55. The van der Waals surface area contributed by atoms with Gasteiger partial charge in [-0.25, -0.2) is 4.79 Å². The van der Waals surface area contributed by atoms with Crippen LogP contribution in [0, 0.1) is 6.92 Å². The van der Waals surface area contributed by atoms with Crippen LogP contribution in [0.1, 0.15) is 22.8 Å². The highest BCUT2D eigenvalue weighted by molar-refractivity contribution is 9.10. The Labute approximate surface area is 176 Å². The number of rotatable bonds is 8. The fraction of sp³-hybridized carbons (Fsp3) is 0.250. The molecule has 9 heteroatoms. The molecule has 0 aliphatic carbocycles. The molecule has 29 heavy (non-hydrogen) atoms. The number of hydrogen-bond donors (Lipinski definition) is 2. The molecule has 8 nitrogen and oxygen atoms in total. The number of hydrazine groups is 1. The summed E-state index contributed by atoms with van der Waals surface area (Å²) < 4.78 is 16.5. The number of carbonyl (C=O) groups excluding carboxylic acids is 3. The number of hydrogen-bond acceptors (Lipinski definition) is 6. The van der Waals surface area contributed by atoms with Crippen molar-refractivity contribution >= 4 is 33.7 Å². The van der Waals surface area contributed by atoms with Gasteiger partial charge in [-0.1, -0.05) is 15.9 Å². The van der Waals surface area contributed by atoms with Gasteiger partial charge in [-0.05, 0) is 61.9 Å². The van der Waals surface area contributed by atoms with E-state index < -0.39 is 17.8 Å². The molecule has 0 radical (unpaired) electrons. The Morgan fingerprint density at radius 1 is 0.931 bits per heavy atom. The zero-order valence-corrected chi connectivity index (χ0v) is 17.6. The summed E-state index contributed by atoms with van der Waals surface area (Å²) >= 11 is 3.35. The minimum absolute atomic E-state index is 0.251. The van der Waals surface area contributed by atoms with Crippen molar-refractivity contribution in [2.75, 3.05) is 19.8 Å². The van der Waals surface area contributed by atoms with Crippen LogP contribution in [0.15, 0.2) is 46.9 Å². The van der Waals surface area contributed by atoms with Crippen LogP contribution in [0.4, 0.5) is 0 Å². The predicted octanol–water partition coefficient (Wildman–Crippen LogP) is 2.54. The third-order valence-corrected chi connectivity index (χ3v) is 4.07. The number of nitrogens with one attached hydrogen (secondary N) is 2. The lowest BCUT2D eigenvalue weighted by molar-refractivity contribution is -0.131. The minimum Gasteiger partial charge on any atom is -0.484 e. The lowest BCUT2D eigenvalue weighted by atomic mass is 10.2. The molecule has 0 saturated heterocycles. The maximum Gasteiger partial charge on any atom is 0.338 e. The smallest absolute Gasteiger partial charge is 0.338 e. The molecule has 0 aliphatic rings. The fourth-order valence-corrected chi connectivity index (χ4v) is 2.66. The molecule has 0 bridgehead atoms. The molecule has 2 rings (SSSR count). The summed E-state index contributed by atoms with van der Waals surface area (Å²) in [6, 6.07) is 11.6. The summed E-state index contributed by atoms with van der Waals surface area (Å²) in [5, 5.41) is 0. The lowest BCUT2D eigenvalue weighted by Crippen LogP contribution is -2.45. The van der Waals surface area contributed by atoms with Gasteiger partial charge < -0.3 is 14.2 Å². The molecule has 0 unspecified atom stereocenters. The quantitative estimate of drug-likeness (QED) is 0.459. The molecule has 2 N–H and O–H groups in total. The molecule has 2 aromatic carbocycles. The molecule has 0 spiro atoms. The van der Waals surface area contributed by atoms with Gasteiger partial charge in [-0.3, -0.25) is 20.4 Å². The highest BCUT2D eigenvalue weighted by Crippen LogP contribution is 2.21. The van der Waals surface area contributed by atoms with Gasteiger partial charge in [0.15, 0.2) is 13.2 Å². The second-order valence-corrected chi connectivity index (χ2v) is 6.74. The zero-order chi connectivity index (χ0) is 21.2. The van der Waals surface area contributed by atoms with Crippen molar-refractivity contribution in [3.05, 3.63) is 58.1 Å². The van der Waals surface area contributed by atoms with E-state index in [0.29, 0.717) is 17.1 Å². The summed E-state index contributed by atoms with van der Waals surface area (Å²) in [5.41, 5.74) is 5.74. The van der Waals surface area contributed by atoms with Crippen LogP contribution in [0.5, 0.6) is 11.5 Å². The summed E-state index contributed by atoms with van der Waals surface area (Å²) in [6.07, 6.45) is 0. The Kier molecular flexibility index (Phi) is 8.47. The molecular formula is C20H21BrN2O6. The van der Waals surface area contributed by atoms with E-state index in [1.807, 2.05) is 13.0 Å². The van der Waals surface area contributed by atoms with Crippen molar-refractivity contribution in [1.29, 1.82) is 0 Å². The second kappa shape index (κ2) is 11.1. The Hall–Kier alpha value is -3.07. The molecule has 2 aromatic rings. The third-order valence-electron chi connectivity index (χ3n) is 3.57. The SMILES string of the molecule is CCOC(=O)c1ccc(OCC(=O)NNC(=O)COc2ccc(Br)cc2C)cc1. The monoisotopic (exact) mass is 464 g/mol. The first-order valence-electron chi connectivity index (χ1n) is 8.75. The lowest BCUT2D eigenvalue weighted by Gasteiger charge is -2.11. The maximum atomic E-state index is 11.8. The highest BCUT2D eigenvalue weighted by atomic mass is 79.9. The number of amides is 2. The van der Waals surface area contributed by atoms with Crippen LogP contribution < -0.4 is 20.3 Å². The van der Waals surface area contributed by atoms with Crippen LogP contribution in [0.3, 0.4) is 0 Å². The average Bonchev–Trinajstić information content (AvgIpc) is 2.70. The second-order valence-electron chi connectivity index (χ2n) is 5.83. The number of halogens is 1. The summed E-state index contributed by atoms with van der Waals surface area (Å²) in [5.74, 6) is -0.523. The first-order chi connectivity index (χ1) is 13.9. The molecule has 0 atom stereocenters. The Balaban J connectivity index is 1.69. The van der Waals surface area contributed by atoms with E-state index >= 15 is 0 Å². The maximum absolute atomic E-state index is 11.8. The van der Waals surface area contributed by atoms with Crippen molar-refractivity contribution in [1.82, 2.24) is 10.9 Å². The predicted molar refractivity (Wildman–Crippen MR) is 109 cm³/mol. The van der Waals surface area contributed by atoms with E-state index in [0.717, 1.165) is 10.0 Å². The number of ether oxygens (including phenoxy) is 3. The van der Waals surface area contributed by atoms with E-state index in [1.54, 1.807) is 31.2 Å². The van der Waals surface area contributed by atoms with Gasteiger partial charge in [0.1, 0.15) is 11.5 Å². The van der Waals surface area contributed by atoms with E-state index in [4.69, 9.17) is 14.2 Å². The van der Waals surface area contributed by atoms with E-state index in [-0.39, 0.29) is 19.8 Å². The van der Waals surface area contributed by atoms with Crippen molar-refractivity contribution in [2.24, 2.45) is 0 Å². The Morgan fingerprint density at radius 2 is 1.55 bits per heavy atom. The van der Waals surface area contributed by atoms with E-state index in [2.05, 4.69) is 26.8 Å². The van der Waals surface area contributed by atoms with Crippen molar-refractivity contribution < 1.29 is 28.6 Å². The van der Waals surface area contributed by atoms with Crippen LogP contribution >= 0.6 is 15.9 Å². The average molecular weight is 465 g/mol. The van der Waals surface area contributed by atoms with Crippen LogP contribution in [0.25, 0.3) is 0 Å². The van der Waals surface area contributed by atoms with Crippen LogP contribution in [-0.4, -0.2) is 37.6 Å². The Morgan fingerprint density at radius 3 is 2.14 bits per heavy atom. The summed E-state index contributed by atoms with van der Waals surface area (Å²) in [4.78, 5) is 35.1. The van der Waals surface area contributed by atoms with Gasteiger partial charge >= 0.3 is 5.97 Å². The first kappa shape index (κ1) is 22.2. The number of esters is 1. The van der Waals surface area contributed by atoms with E-state index in [1.165, 1.54) is 12.1 Å². The van der Waals surface area contributed by atoms with Crippen LogP contribution in [-0.2, 0) is 14.3 Å². The zero-order valence-electron chi connectivity index (χ0n) is 16.0. The Bertz CT molecular complexity index is 870. The number of aryl methyl sites for hydroxylation is 1. The standard InChI is InChI=1S/C20H21BrN2O6/c1-3-27-20(26)14-4-7-16(8-5-14)28-11-18(24)22-23-19(25)12-29-17-9-6-15(21)10-13(17)2/h4-10H,3,11-12H2,1-2H3,(H,22,24)(H,23,25). The van der Waals surface area contributed by atoms with Gasteiger partial charge in [0, 0.05) is 4.47 Å². The van der Waals surface area contributed by atoms with Gasteiger partial charge in [-0.2, -0.15) is 0 Å². The molecule has 0 aromatic heterocycles. The van der Waals surface area contributed by atoms with E-state index in [9.17, 15) is 14.4 Å². The summed E-state index contributed by atoms with van der Waals surface area (Å²) in [7, 11) is 0. The molecule has 154 valence electrons. The molecule has 0 aliphatic heterocycles. The van der Waals surface area contributed by atoms with Gasteiger partial charge in [0.05, 0.1) is 12.2 Å². The molecule has 0 saturated carbocycles. The van der Waals surface area contributed by atoms with Gasteiger partial charge in [-0.15, -0.1) is 0 Å². The fourth-order valence-electron chi connectivity index (χ4n) is 2.18. The number of benzene rings is 2. The molecule has 0 fully saturated rings. The third kappa shape index (κ3) is 7.46. The molecular weight excluding hydrogens is 444 g/mol. The van der Waals surface area contributed by atoms with Crippen molar-refractivity contribution in [3.63, 3.8) is 0 Å². The summed E-state index contributed by atoms with van der Waals surface area (Å²) in [6.45, 7) is 3.30. The van der Waals surface area contributed by atoms with Crippen LogP contribution in [0.2, 0.25) is 0 Å². The van der Waals surface area contributed by atoms with Crippen molar-refractivity contribution in [2.45, 2.75) is 13.8 Å². The highest BCUT2D eigenvalue weighted by Gasteiger charge is 2.09. The van der Waals surface area contributed by atoms with Gasteiger partial charge in [0.25, 0.3) is 11.8 Å². The minimum atomic E-state index is -0.548. The van der Waals surface area contributed by atoms with Gasteiger partial charge in [0.2, 0.25) is 0 Å².